The van der Waals surface area contributed by atoms with Gasteiger partial charge in [0.1, 0.15) is 0 Å². The zero-order valence-corrected chi connectivity index (χ0v) is 40.5. The van der Waals surface area contributed by atoms with Crippen molar-refractivity contribution in [3.8, 4) is 0 Å². The molecule has 0 rings (SSSR count). The Morgan fingerprint density at radius 1 is 0.426 bits per heavy atom. The predicted octanol–water partition coefficient (Wildman–Crippen LogP) is 16.2. The maximum absolute atomic E-state index is 12.5. The Balaban J connectivity index is 3.71. The maximum Gasteiger partial charge on any atom is 0.222 e. The molecule has 0 saturated heterocycles. The van der Waals surface area contributed by atoms with Gasteiger partial charge in [0, 0.05) is 0 Å². The van der Waals surface area contributed by atoms with Gasteiger partial charge in [-0.15, -0.1) is 0 Å². The van der Waals surface area contributed by atoms with Crippen LogP contribution < -0.4 is 5.32 Å². The fraction of sp³-hybridized carbons (Fsp3) is 0.804. The summed E-state index contributed by atoms with van der Waals surface area (Å²) >= 11 is 0. The van der Waals surface area contributed by atoms with Crippen LogP contribution in [0.4, 0.5) is 0 Å². The average Bonchev–Trinajstić information content (AvgIpc) is 3.25. The van der Waals surface area contributed by atoms with Crippen molar-refractivity contribution < 1.29 is 20.1 Å². The van der Waals surface area contributed by atoms with Crippen molar-refractivity contribution in [3.63, 3.8) is 0 Å². The Bertz CT molecular complexity index is 1030. The Kier molecular flexibility index (Phi) is 49.1. The van der Waals surface area contributed by atoms with Crippen LogP contribution in [0.15, 0.2) is 60.8 Å². The van der Waals surface area contributed by atoms with Crippen LogP contribution in [0.3, 0.4) is 0 Å². The SMILES string of the molecule is CCCCCCCCCCC/C=C\C/C=C\CCCCCCCC(O)CC(=O)NC(CO)C(O)/C=C/CC/C=C/CC/C=C/CCCCCCCCCCCCCCCCC. The summed E-state index contributed by atoms with van der Waals surface area (Å²) in [5.74, 6) is -0.337. The van der Waals surface area contributed by atoms with Gasteiger partial charge in [-0.05, 0) is 77.0 Å². The first-order valence-electron chi connectivity index (χ1n) is 26.6. The van der Waals surface area contributed by atoms with Gasteiger partial charge in [-0.3, -0.25) is 4.79 Å². The summed E-state index contributed by atoms with van der Waals surface area (Å²) in [5, 5.41) is 33.4. The van der Waals surface area contributed by atoms with E-state index in [-0.39, 0.29) is 18.9 Å². The molecule has 0 aliphatic rings. The lowest BCUT2D eigenvalue weighted by Gasteiger charge is -2.20. The molecule has 3 unspecified atom stereocenters. The highest BCUT2D eigenvalue weighted by molar-refractivity contribution is 5.76. The molecule has 1 amide bonds. The Labute approximate surface area is 379 Å². The summed E-state index contributed by atoms with van der Waals surface area (Å²) in [7, 11) is 0. The van der Waals surface area contributed by atoms with Crippen molar-refractivity contribution in [2.24, 2.45) is 0 Å². The molecule has 0 aromatic rings. The highest BCUT2D eigenvalue weighted by atomic mass is 16.3. The molecule has 0 aromatic heterocycles. The number of amides is 1. The molecule has 0 heterocycles. The molecule has 61 heavy (non-hydrogen) atoms. The molecule has 0 spiro atoms. The predicted molar refractivity (Wildman–Crippen MR) is 268 cm³/mol. The Morgan fingerprint density at radius 2 is 0.754 bits per heavy atom. The third kappa shape index (κ3) is 47.4. The van der Waals surface area contributed by atoms with Gasteiger partial charge in [0.05, 0.1) is 31.3 Å². The van der Waals surface area contributed by atoms with Gasteiger partial charge in [-0.1, -0.05) is 242 Å². The van der Waals surface area contributed by atoms with Gasteiger partial charge in [0.25, 0.3) is 0 Å². The second-order valence-electron chi connectivity index (χ2n) is 18.1. The number of allylic oxidation sites excluding steroid dienone is 9. The van der Waals surface area contributed by atoms with Gasteiger partial charge in [0.2, 0.25) is 5.91 Å². The van der Waals surface area contributed by atoms with Crippen LogP contribution in [-0.2, 0) is 4.79 Å². The summed E-state index contributed by atoms with van der Waals surface area (Å²) in [5.41, 5.74) is 0. The third-order valence-corrected chi connectivity index (χ3v) is 12.0. The minimum Gasteiger partial charge on any atom is -0.394 e. The monoisotopic (exact) mass is 854 g/mol. The number of rotatable bonds is 48. The molecule has 0 aliphatic heterocycles. The fourth-order valence-electron chi connectivity index (χ4n) is 7.93. The quantitative estimate of drug-likeness (QED) is 0.0363. The zero-order valence-electron chi connectivity index (χ0n) is 40.5. The smallest absolute Gasteiger partial charge is 0.222 e. The van der Waals surface area contributed by atoms with E-state index in [2.05, 4.69) is 67.8 Å². The topological polar surface area (TPSA) is 89.8 Å². The van der Waals surface area contributed by atoms with Crippen LogP contribution in [0.25, 0.3) is 0 Å². The molecule has 0 aliphatic carbocycles. The van der Waals surface area contributed by atoms with Crippen molar-refractivity contribution in [2.75, 3.05) is 6.61 Å². The van der Waals surface area contributed by atoms with Gasteiger partial charge in [-0.25, -0.2) is 0 Å². The summed E-state index contributed by atoms with van der Waals surface area (Å²) in [4.78, 5) is 12.5. The van der Waals surface area contributed by atoms with E-state index in [1.165, 1.54) is 180 Å². The largest absolute Gasteiger partial charge is 0.394 e. The van der Waals surface area contributed by atoms with Crippen molar-refractivity contribution in [1.29, 1.82) is 0 Å². The molecule has 4 N–H and O–H groups in total. The molecular formula is C56H103NO4. The van der Waals surface area contributed by atoms with E-state index in [4.69, 9.17) is 0 Å². The first kappa shape index (κ1) is 59.0. The van der Waals surface area contributed by atoms with Crippen LogP contribution in [0, 0.1) is 0 Å². The van der Waals surface area contributed by atoms with Crippen molar-refractivity contribution >= 4 is 5.91 Å². The molecule has 0 fully saturated rings. The van der Waals surface area contributed by atoms with Crippen LogP contribution >= 0.6 is 0 Å². The van der Waals surface area contributed by atoms with E-state index < -0.39 is 18.2 Å². The van der Waals surface area contributed by atoms with E-state index in [0.29, 0.717) is 6.42 Å². The minimum atomic E-state index is -0.967. The van der Waals surface area contributed by atoms with Crippen LogP contribution in [0.1, 0.15) is 264 Å². The first-order valence-corrected chi connectivity index (χ1v) is 26.6. The highest BCUT2D eigenvalue weighted by Gasteiger charge is 2.20. The number of hydrogen-bond acceptors (Lipinski definition) is 4. The van der Waals surface area contributed by atoms with E-state index in [0.717, 1.165) is 57.8 Å². The molecule has 356 valence electrons. The van der Waals surface area contributed by atoms with E-state index in [9.17, 15) is 20.1 Å². The van der Waals surface area contributed by atoms with Gasteiger partial charge < -0.3 is 20.6 Å². The third-order valence-electron chi connectivity index (χ3n) is 12.0. The van der Waals surface area contributed by atoms with Crippen LogP contribution in [-0.4, -0.2) is 46.1 Å². The molecule has 5 nitrogen and oxygen atoms in total. The molecule has 3 atom stereocenters. The molecule has 0 aromatic carbocycles. The number of carbonyl (C=O) groups is 1. The van der Waals surface area contributed by atoms with Crippen molar-refractivity contribution in [1.82, 2.24) is 5.32 Å². The number of carbonyl (C=O) groups excluding carboxylic acids is 1. The minimum absolute atomic E-state index is 0.00907. The number of aliphatic hydroxyl groups excluding tert-OH is 3. The molecule has 0 radical (unpaired) electrons. The second kappa shape index (κ2) is 50.7. The average molecular weight is 854 g/mol. The van der Waals surface area contributed by atoms with Crippen molar-refractivity contribution in [3.05, 3.63) is 60.8 Å². The van der Waals surface area contributed by atoms with E-state index in [1.807, 2.05) is 6.08 Å². The lowest BCUT2D eigenvalue weighted by molar-refractivity contribution is -0.124. The zero-order chi connectivity index (χ0) is 44.4. The lowest BCUT2D eigenvalue weighted by atomic mass is 10.0. The second-order valence-corrected chi connectivity index (χ2v) is 18.1. The Morgan fingerprint density at radius 3 is 1.15 bits per heavy atom. The van der Waals surface area contributed by atoms with E-state index in [1.54, 1.807) is 6.08 Å². The molecular weight excluding hydrogens is 751 g/mol. The number of hydrogen-bond donors (Lipinski definition) is 4. The van der Waals surface area contributed by atoms with Crippen LogP contribution in [0.5, 0.6) is 0 Å². The molecule has 0 saturated carbocycles. The summed E-state index contributed by atoms with van der Waals surface area (Å²) in [6.07, 6.45) is 68.2. The first-order chi connectivity index (χ1) is 30.0. The summed E-state index contributed by atoms with van der Waals surface area (Å²) in [6.45, 7) is 4.21. The molecule has 0 bridgehead atoms. The summed E-state index contributed by atoms with van der Waals surface area (Å²) in [6, 6.07) is -0.776. The normalized spacial score (nSPS) is 13.9. The van der Waals surface area contributed by atoms with E-state index >= 15 is 0 Å². The lowest BCUT2D eigenvalue weighted by Crippen LogP contribution is -2.45. The van der Waals surface area contributed by atoms with Crippen molar-refractivity contribution in [2.45, 2.75) is 283 Å². The van der Waals surface area contributed by atoms with Gasteiger partial charge in [0.15, 0.2) is 0 Å². The fourth-order valence-corrected chi connectivity index (χ4v) is 7.93. The molecule has 5 heteroatoms. The van der Waals surface area contributed by atoms with Gasteiger partial charge >= 0.3 is 0 Å². The maximum atomic E-state index is 12.5. The Hall–Kier alpha value is -1.95. The van der Waals surface area contributed by atoms with Crippen LogP contribution in [0.2, 0.25) is 0 Å². The number of unbranched alkanes of at least 4 members (excludes halogenated alkanes) is 31. The standard InChI is InChI=1S/C56H103NO4/c1-3-5-7-9-11-13-15-17-19-21-23-25-26-27-28-30-32-34-36-38-40-42-44-46-48-50-55(60)54(52-58)57-56(61)51-53(59)49-47-45-43-41-39-37-35-33-31-29-24-22-20-18-16-14-12-10-8-6-4-2/h24,29,32-35,40,42,48,50,53-55,58-60H,3-23,25-28,30-31,36-39,41,43-47,49,51-52H2,1-2H3,(H,57,61)/b29-24-,34-32+,35-33-,42-40+,50-48+. The summed E-state index contributed by atoms with van der Waals surface area (Å²) < 4.78 is 0. The number of nitrogens with one attached hydrogen (secondary N) is 1. The highest BCUT2D eigenvalue weighted by Crippen LogP contribution is 2.15. The number of aliphatic hydroxyl groups is 3. The van der Waals surface area contributed by atoms with Gasteiger partial charge in [-0.2, -0.15) is 0 Å².